The first-order valence-corrected chi connectivity index (χ1v) is 9.74. The van der Waals surface area contributed by atoms with Crippen LogP contribution >= 0.6 is 0 Å². The highest BCUT2D eigenvalue weighted by Gasteiger charge is 2.15. The van der Waals surface area contributed by atoms with Crippen molar-refractivity contribution in [1.82, 2.24) is 24.7 Å². The number of aryl methyl sites for hydroxylation is 1. The molecule has 1 aromatic carbocycles. The number of piperidine rings is 1. The first kappa shape index (κ1) is 17.8. The minimum atomic E-state index is -0.397. The summed E-state index contributed by atoms with van der Waals surface area (Å²) in [6.45, 7) is 3.73. The maximum absolute atomic E-state index is 14.4. The van der Waals surface area contributed by atoms with Gasteiger partial charge in [0.05, 0.1) is 16.6 Å². The molecule has 4 aromatic rings. The van der Waals surface area contributed by atoms with Gasteiger partial charge >= 0.3 is 0 Å². The Bertz CT molecular complexity index is 1270. The maximum Gasteiger partial charge on any atom is 0.260 e. The number of pyridine rings is 1. The van der Waals surface area contributed by atoms with E-state index in [2.05, 4.69) is 25.6 Å². The number of anilines is 1. The van der Waals surface area contributed by atoms with Gasteiger partial charge in [-0.15, -0.1) is 0 Å². The second-order valence-electron chi connectivity index (χ2n) is 7.49. The van der Waals surface area contributed by atoms with Crippen molar-refractivity contribution in [3.05, 3.63) is 58.5 Å². The van der Waals surface area contributed by atoms with Gasteiger partial charge in [-0.05, 0) is 68.2 Å². The van der Waals surface area contributed by atoms with Crippen molar-refractivity contribution in [3.63, 3.8) is 0 Å². The molecule has 1 aliphatic rings. The molecule has 3 aromatic heterocycles. The summed E-state index contributed by atoms with van der Waals surface area (Å²) < 4.78 is 15.9. The molecule has 0 aliphatic carbocycles. The average molecular weight is 392 g/mol. The van der Waals surface area contributed by atoms with Gasteiger partial charge in [-0.2, -0.15) is 4.39 Å². The van der Waals surface area contributed by atoms with Crippen LogP contribution in [0.1, 0.15) is 18.5 Å². The lowest BCUT2D eigenvalue weighted by Gasteiger charge is -2.23. The Morgan fingerprint density at radius 1 is 1.14 bits per heavy atom. The van der Waals surface area contributed by atoms with Gasteiger partial charge in [0.15, 0.2) is 5.95 Å². The summed E-state index contributed by atoms with van der Waals surface area (Å²) in [5.41, 5.74) is 3.07. The number of aromatic amines is 1. The molecule has 0 saturated carbocycles. The third-order valence-corrected chi connectivity index (χ3v) is 5.36. The Labute approximate surface area is 166 Å². The number of halogens is 1. The molecule has 0 unspecified atom stereocenters. The van der Waals surface area contributed by atoms with Crippen LogP contribution in [0.4, 0.5) is 10.3 Å². The molecule has 1 aliphatic heterocycles. The van der Waals surface area contributed by atoms with E-state index in [9.17, 15) is 9.18 Å². The van der Waals surface area contributed by atoms with E-state index in [0.717, 1.165) is 37.2 Å². The Hall–Kier alpha value is -3.26. The van der Waals surface area contributed by atoms with Crippen molar-refractivity contribution in [3.8, 4) is 11.1 Å². The lowest BCUT2D eigenvalue weighted by atomic mass is 10.0. The summed E-state index contributed by atoms with van der Waals surface area (Å²) in [5.74, 6) is 0.0919. The molecule has 4 heterocycles. The monoisotopic (exact) mass is 392 g/mol. The lowest BCUT2D eigenvalue weighted by molar-refractivity contribution is 0.477. The van der Waals surface area contributed by atoms with Gasteiger partial charge in [-0.25, -0.2) is 9.97 Å². The highest BCUT2D eigenvalue weighted by atomic mass is 19.1. The Kier molecular flexibility index (Phi) is 4.28. The Morgan fingerprint density at radius 2 is 1.97 bits per heavy atom. The van der Waals surface area contributed by atoms with E-state index < -0.39 is 5.95 Å². The van der Waals surface area contributed by atoms with Crippen LogP contribution in [0.3, 0.4) is 0 Å². The standard InChI is InChI=1S/C21H21FN6O/c1-12-11-28-18(22)9-14(10-19(28)24-12)13-2-3-17-16(8-13)20(29)27-21(26-17)25-15-4-6-23-7-5-15/h2-3,8-11,15,23H,4-7H2,1H3,(H2,25,26,27,29). The molecule has 3 N–H and O–H groups in total. The molecule has 29 heavy (non-hydrogen) atoms. The molecular weight excluding hydrogens is 371 g/mol. The molecule has 1 fully saturated rings. The zero-order valence-corrected chi connectivity index (χ0v) is 16.0. The molecular formula is C21H21FN6O. The molecule has 148 valence electrons. The fourth-order valence-corrected chi connectivity index (χ4v) is 3.88. The summed E-state index contributed by atoms with van der Waals surface area (Å²) in [7, 11) is 0. The SMILES string of the molecule is Cc1cn2c(F)cc(-c3ccc4nc(NC5CCNCC5)[nH]c(=O)c4c3)cc2n1. The van der Waals surface area contributed by atoms with Gasteiger partial charge in [-0.3, -0.25) is 14.2 Å². The highest BCUT2D eigenvalue weighted by Crippen LogP contribution is 2.25. The van der Waals surface area contributed by atoms with Gasteiger partial charge < -0.3 is 10.6 Å². The Balaban J connectivity index is 1.52. The van der Waals surface area contributed by atoms with E-state index in [4.69, 9.17) is 0 Å². The minimum absolute atomic E-state index is 0.216. The van der Waals surface area contributed by atoms with Crippen LogP contribution in [0.15, 0.2) is 41.3 Å². The molecule has 8 heteroatoms. The number of hydrogen-bond donors (Lipinski definition) is 3. The van der Waals surface area contributed by atoms with Crippen LogP contribution < -0.4 is 16.2 Å². The molecule has 0 spiro atoms. The fourth-order valence-electron chi connectivity index (χ4n) is 3.88. The molecule has 0 atom stereocenters. The van der Waals surface area contributed by atoms with Gasteiger partial charge in [0.25, 0.3) is 5.56 Å². The zero-order valence-electron chi connectivity index (χ0n) is 16.0. The number of nitrogens with zero attached hydrogens (tertiary/aromatic N) is 3. The fraction of sp³-hybridized carbons (Fsp3) is 0.286. The van der Waals surface area contributed by atoms with Crippen LogP contribution in [0.5, 0.6) is 0 Å². The molecule has 0 bridgehead atoms. The number of nitrogens with one attached hydrogen (secondary N) is 3. The number of aromatic nitrogens is 4. The smallest absolute Gasteiger partial charge is 0.260 e. The normalized spacial score (nSPS) is 15.2. The van der Waals surface area contributed by atoms with Gasteiger partial charge in [0.1, 0.15) is 5.65 Å². The van der Waals surface area contributed by atoms with Crippen LogP contribution in [0, 0.1) is 12.9 Å². The predicted octanol–water partition coefficient (Wildman–Crippen LogP) is 2.85. The van der Waals surface area contributed by atoms with Gasteiger partial charge in [-0.1, -0.05) is 6.07 Å². The molecule has 7 nitrogen and oxygen atoms in total. The summed E-state index contributed by atoms with van der Waals surface area (Å²) in [6, 6.07) is 8.95. The number of rotatable bonds is 3. The van der Waals surface area contributed by atoms with Crippen molar-refractivity contribution < 1.29 is 4.39 Å². The predicted molar refractivity (Wildman–Crippen MR) is 111 cm³/mol. The van der Waals surface area contributed by atoms with Crippen LogP contribution in [0.2, 0.25) is 0 Å². The quantitative estimate of drug-likeness (QED) is 0.467. The topological polar surface area (TPSA) is 87.1 Å². The van der Waals surface area contributed by atoms with Crippen LogP contribution in [0.25, 0.3) is 27.7 Å². The zero-order chi connectivity index (χ0) is 20.0. The number of imidazole rings is 1. The Morgan fingerprint density at radius 3 is 2.79 bits per heavy atom. The third kappa shape index (κ3) is 3.36. The second kappa shape index (κ2) is 6.97. The lowest BCUT2D eigenvalue weighted by Crippen LogP contribution is -2.36. The maximum atomic E-state index is 14.4. The van der Waals surface area contributed by atoms with Crippen molar-refractivity contribution in [2.75, 3.05) is 18.4 Å². The second-order valence-corrected chi connectivity index (χ2v) is 7.49. The highest BCUT2D eigenvalue weighted by molar-refractivity contribution is 5.85. The van der Waals surface area contributed by atoms with Crippen LogP contribution in [-0.2, 0) is 0 Å². The van der Waals surface area contributed by atoms with Gasteiger partial charge in [0, 0.05) is 12.2 Å². The molecule has 0 amide bonds. The molecule has 1 saturated heterocycles. The van der Waals surface area contributed by atoms with E-state index in [-0.39, 0.29) is 5.56 Å². The van der Waals surface area contributed by atoms with Crippen LogP contribution in [-0.4, -0.2) is 38.5 Å². The summed E-state index contributed by atoms with van der Waals surface area (Å²) in [5, 5.41) is 7.11. The number of benzene rings is 1. The van der Waals surface area contributed by atoms with E-state index >= 15 is 0 Å². The molecule has 0 radical (unpaired) electrons. The van der Waals surface area contributed by atoms with Crippen molar-refractivity contribution in [1.29, 1.82) is 0 Å². The third-order valence-electron chi connectivity index (χ3n) is 5.36. The average Bonchev–Trinajstić information content (AvgIpc) is 3.09. The number of H-pyrrole nitrogens is 1. The van der Waals surface area contributed by atoms with E-state index in [0.29, 0.717) is 34.1 Å². The first-order valence-electron chi connectivity index (χ1n) is 9.74. The van der Waals surface area contributed by atoms with Crippen molar-refractivity contribution in [2.24, 2.45) is 0 Å². The van der Waals surface area contributed by atoms with E-state index in [1.165, 1.54) is 10.5 Å². The van der Waals surface area contributed by atoms with E-state index in [1.807, 2.05) is 19.1 Å². The first-order chi connectivity index (χ1) is 14.1. The van der Waals surface area contributed by atoms with Crippen molar-refractivity contribution >= 4 is 22.5 Å². The van der Waals surface area contributed by atoms with Crippen molar-refractivity contribution in [2.45, 2.75) is 25.8 Å². The number of hydrogen-bond acceptors (Lipinski definition) is 5. The van der Waals surface area contributed by atoms with Gasteiger partial charge in [0.2, 0.25) is 5.95 Å². The minimum Gasteiger partial charge on any atom is -0.353 e. The summed E-state index contributed by atoms with van der Waals surface area (Å²) in [4.78, 5) is 24.4. The number of fused-ring (bicyclic) bond motifs is 2. The molecule has 5 rings (SSSR count). The van der Waals surface area contributed by atoms with E-state index in [1.54, 1.807) is 18.3 Å². The summed E-state index contributed by atoms with van der Waals surface area (Å²) in [6.07, 6.45) is 3.63. The largest absolute Gasteiger partial charge is 0.353 e. The summed E-state index contributed by atoms with van der Waals surface area (Å²) >= 11 is 0.